The number of benzene rings is 1. The second kappa shape index (κ2) is 10.1. The van der Waals surface area contributed by atoms with Crippen molar-refractivity contribution in [2.75, 3.05) is 6.54 Å². The van der Waals surface area contributed by atoms with Gasteiger partial charge in [-0.15, -0.1) is 0 Å². The summed E-state index contributed by atoms with van der Waals surface area (Å²) in [5.74, 6) is 1.71. The molecule has 0 bridgehead atoms. The van der Waals surface area contributed by atoms with Gasteiger partial charge in [0.2, 0.25) is 0 Å². The highest BCUT2D eigenvalue weighted by Gasteiger charge is 2.30. The average Bonchev–Trinajstić information content (AvgIpc) is 3.57. The molecule has 2 aliphatic rings. The van der Waals surface area contributed by atoms with E-state index in [1.807, 2.05) is 34.9 Å². The van der Waals surface area contributed by atoms with E-state index >= 15 is 0 Å². The van der Waals surface area contributed by atoms with Crippen LogP contribution >= 0.6 is 0 Å². The van der Waals surface area contributed by atoms with Crippen LogP contribution in [-0.4, -0.2) is 21.0 Å². The highest BCUT2D eigenvalue weighted by molar-refractivity contribution is 5.26. The maximum atomic E-state index is 13.7. The molecular weight excluding hydrogens is 424 g/mol. The molecule has 6 nitrogen and oxygen atoms in total. The maximum Gasteiger partial charge on any atom is 0.257 e. The molecule has 0 radical (unpaired) electrons. The topological polar surface area (TPSA) is 65.1 Å². The SMILES string of the molecule is CCC(c1nc2c(c(=O)n1Cc1ccccc1)CCC2)N(CCC1CC1)Cc1cc[n+]([O-])cc1. The van der Waals surface area contributed by atoms with Crippen LogP contribution < -0.4 is 10.3 Å². The zero-order chi connectivity index (χ0) is 23.5. The van der Waals surface area contributed by atoms with Crippen LogP contribution in [-0.2, 0) is 25.9 Å². The summed E-state index contributed by atoms with van der Waals surface area (Å²) < 4.78 is 2.77. The minimum atomic E-state index is 0.0423. The molecule has 1 atom stereocenters. The van der Waals surface area contributed by atoms with Crippen molar-refractivity contribution in [1.82, 2.24) is 14.5 Å². The average molecular weight is 459 g/mol. The van der Waals surface area contributed by atoms with Crippen molar-refractivity contribution in [2.45, 2.75) is 71.0 Å². The summed E-state index contributed by atoms with van der Waals surface area (Å²) in [6.45, 7) is 4.44. The molecule has 3 aromatic rings. The molecule has 0 N–H and O–H groups in total. The van der Waals surface area contributed by atoms with Crippen LogP contribution in [0.5, 0.6) is 0 Å². The maximum absolute atomic E-state index is 13.7. The first-order valence-corrected chi connectivity index (χ1v) is 12.7. The number of nitrogens with zero attached hydrogens (tertiary/aromatic N) is 4. The number of aromatic nitrogens is 3. The van der Waals surface area contributed by atoms with Crippen LogP contribution in [0, 0.1) is 11.1 Å². The lowest BCUT2D eigenvalue weighted by Gasteiger charge is -2.32. The van der Waals surface area contributed by atoms with Gasteiger partial charge in [-0.2, -0.15) is 4.73 Å². The molecule has 1 aromatic carbocycles. The van der Waals surface area contributed by atoms with Crippen molar-refractivity contribution in [3.8, 4) is 0 Å². The Balaban J connectivity index is 1.53. The van der Waals surface area contributed by atoms with Crippen molar-refractivity contribution in [3.05, 3.63) is 98.6 Å². The molecule has 2 aliphatic carbocycles. The molecule has 1 unspecified atom stereocenters. The van der Waals surface area contributed by atoms with Gasteiger partial charge >= 0.3 is 0 Å². The molecule has 34 heavy (non-hydrogen) atoms. The summed E-state index contributed by atoms with van der Waals surface area (Å²) in [6, 6.07) is 14.1. The van der Waals surface area contributed by atoms with Crippen LogP contribution in [0.4, 0.5) is 0 Å². The largest absolute Gasteiger partial charge is 0.619 e. The first-order valence-electron chi connectivity index (χ1n) is 12.7. The van der Waals surface area contributed by atoms with E-state index in [1.54, 1.807) is 12.4 Å². The normalized spacial score (nSPS) is 16.1. The van der Waals surface area contributed by atoms with E-state index in [0.717, 1.165) is 77.6 Å². The molecule has 0 spiro atoms. The predicted molar refractivity (Wildman–Crippen MR) is 132 cm³/mol. The lowest BCUT2D eigenvalue weighted by molar-refractivity contribution is -0.605. The summed E-state index contributed by atoms with van der Waals surface area (Å²) in [7, 11) is 0. The Bertz CT molecular complexity index is 1170. The van der Waals surface area contributed by atoms with Crippen molar-refractivity contribution in [2.24, 2.45) is 5.92 Å². The lowest BCUT2D eigenvalue weighted by Crippen LogP contribution is -2.37. The van der Waals surface area contributed by atoms with Gasteiger partial charge in [0.15, 0.2) is 12.4 Å². The Labute approximate surface area is 201 Å². The van der Waals surface area contributed by atoms with Crippen LogP contribution in [0.2, 0.25) is 0 Å². The monoisotopic (exact) mass is 458 g/mol. The zero-order valence-electron chi connectivity index (χ0n) is 20.0. The van der Waals surface area contributed by atoms with Gasteiger partial charge in [0, 0.05) is 24.2 Å². The third kappa shape index (κ3) is 5.07. The highest BCUT2D eigenvalue weighted by atomic mass is 16.5. The summed E-state index contributed by atoms with van der Waals surface area (Å²) in [6.07, 6.45) is 10.5. The van der Waals surface area contributed by atoms with Crippen molar-refractivity contribution < 1.29 is 4.73 Å². The van der Waals surface area contributed by atoms with E-state index in [-0.39, 0.29) is 11.6 Å². The van der Waals surface area contributed by atoms with E-state index in [1.165, 1.54) is 19.3 Å². The quantitative estimate of drug-likeness (QED) is 0.338. The summed E-state index contributed by atoms with van der Waals surface area (Å²) in [5.41, 5.74) is 4.26. The van der Waals surface area contributed by atoms with Crippen LogP contribution in [0.1, 0.15) is 73.3 Å². The molecular formula is C28H34N4O2. The molecule has 2 heterocycles. The van der Waals surface area contributed by atoms with Crippen molar-refractivity contribution in [1.29, 1.82) is 0 Å². The number of pyridine rings is 1. The van der Waals surface area contributed by atoms with Crippen LogP contribution in [0.25, 0.3) is 0 Å². The Hall–Kier alpha value is -2.99. The first kappa shape index (κ1) is 22.8. The molecule has 6 heteroatoms. The third-order valence-electron chi connectivity index (χ3n) is 7.31. The Kier molecular flexibility index (Phi) is 6.77. The van der Waals surface area contributed by atoms with Gasteiger partial charge in [0.1, 0.15) is 5.82 Å². The van der Waals surface area contributed by atoms with Gasteiger partial charge in [-0.1, -0.05) is 50.1 Å². The fraction of sp³-hybridized carbons (Fsp3) is 0.464. The fourth-order valence-electron chi connectivity index (χ4n) is 5.21. The van der Waals surface area contributed by atoms with E-state index in [4.69, 9.17) is 4.98 Å². The van der Waals surface area contributed by atoms with Gasteiger partial charge < -0.3 is 5.21 Å². The number of hydrogen-bond donors (Lipinski definition) is 0. The molecule has 178 valence electrons. The molecule has 1 saturated carbocycles. The zero-order valence-corrected chi connectivity index (χ0v) is 20.0. The molecule has 0 amide bonds. The smallest absolute Gasteiger partial charge is 0.257 e. The fourth-order valence-corrected chi connectivity index (χ4v) is 5.21. The summed E-state index contributed by atoms with van der Waals surface area (Å²) in [5, 5.41) is 11.6. The number of fused-ring (bicyclic) bond motifs is 1. The summed E-state index contributed by atoms with van der Waals surface area (Å²) in [4.78, 5) is 21.3. The van der Waals surface area contributed by atoms with Crippen LogP contribution in [0.3, 0.4) is 0 Å². The molecule has 0 saturated heterocycles. The molecule has 1 fully saturated rings. The van der Waals surface area contributed by atoms with Crippen LogP contribution in [0.15, 0.2) is 59.7 Å². The third-order valence-corrected chi connectivity index (χ3v) is 7.31. The number of rotatable bonds is 10. The van der Waals surface area contributed by atoms with Gasteiger partial charge in [-0.3, -0.25) is 14.3 Å². The van der Waals surface area contributed by atoms with E-state index in [0.29, 0.717) is 6.54 Å². The standard InChI is InChI=1S/C28H34N4O2/c1-2-26(30(16-13-21-11-12-21)19-23-14-17-31(34)18-15-23)27-29-25-10-6-9-24(25)28(33)32(27)20-22-7-4-3-5-8-22/h3-5,7-8,14-15,17-18,21,26H,2,6,9-13,16,19-20H2,1H3. The minimum Gasteiger partial charge on any atom is -0.619 e. The van der Waals surface area contributed by atoms with Gasteiger partial charge in [0.05, 0.1) is 18.3 Å². The second-order valence-electron chi connectivity index (χ2n) is 9.82. The van der Waals surface area contributed by atoms with E-state index in [9.17, 15) is 10.0 Å². The van der Waals surface area contributed by atoms with Gasteiger partial charge in [0.25, 0.3) is 5.56 Å². The highest BCUT2D eigenvalue weighted by Crippen LogP contribution is 2.34. The molecule has 2 aromatic heterocycles. The van der Waals surface area contributed by atoms with E-state index < -0.39 is 0 Å². The molecule has 0 aliphatic heterocycles. The second-order valence-corrected chi connectivity index (χ2v) is 9.82. The van der Waals surface area contributed by atoms with Crippen molar-refractivity contribution >= 4 is 0 Å². The predicted octanol–water partition coefficient (Wildman–Crippen LogP) is 4.17. The first-order chi connectivity index (χ1) is 16.6. The number of aryl methyl sites for hydroxylation is 1. The summed E-state index contributed by atoms with van der Waals surface area (Å²) >= 11 is 0. The lowest BCUT2D eigenvalue weighted by atomic mass is 10.1. The Morgan fingerprint density at radius 1 is 1.12 bits per heavy atom. The minimum absolute atomic E-state index is 0.0423. The van der Waals surface area contributed by atoms with Gasteiger partial charge in [-0.05, 0) is 55.7 Å². The Morgan fingerprint density at radius 3 is 2.59 bits per heavy atom. The van der Waals surface area contributed by atoms with E-state index in [2.05, 4.69) is 24.0 Å². The van der Waals surface area contributed by atoms with Gasteiger partial charge in [-0.25, -0.2) is 4.98 Å². The Morgan fingerprint density at radius 2 is 1.88 bits per heavy atom. The van der Waals surface area contributed by atoms with Crippen molar-refractivity contribution in [3.63, 3.8) is 0 Å². The molecule has 5 rings (SSSR count). The number of hydrogen-bond acceptors (Lipinski definition) is 4.